The average Bonchev–Trinajstić information content (AvgIpc) is 3.17. The number of carbonyl (C=O) groups excluding carboxylic acids is 1. The zero-order valence-electron chi connectivity index (χ0n) is 14.5. The van der Waals surface area contributed by atoms with Crippen molar-refractivity contribution in [3.8, 4) is 11.6 Å². The van der Waals surface area contributed by atoms with Crippen LogP contribution < -0.4 is 0 Å². The monoisotopic (exact) mass is 326 g/mol. The minimum absolute atomic E-state index is 0.112. The Morgan fingerprint density at radius 3 is 2.88 bits per heavy atom. The Morgan fingerprint density at radius 1 is 1.33 bits per heavy atom. The van der Waals surface area contributed by atoms with Gasteiger partial charge in [0, 0.05) is 37.3 Å². The lowest BCUT2D eigenvalue weighted by atomic mass is 10.1. The van der Waals surface area contributed by atoms with Gasteiger partial charge in [0.25, 0.3) is 5.89 Å². The van der Waals surface area contributed by atoms with Gasteiger partial charge in [-0.1, -0.05) is 23.7 Å². The van der Waals surface area contributed by atoms with Crippen LogP contribution in [-0.2, 0) is 11.2 Å². The van der Waals surface area contributed by atoms with Crippen molar-refractivity contribution in [1.82, 2.24) is 20.0 Å². The van der Waals surface area contributed by atoms with Gasteiger partial charge in [-0.25, -0.2) is 0 Å². The zero-order chi connectivity index (χ0) is 17.3. The van der Waals surface area contributed by atoms with Gasteiger partial charge in [0.15, 0.2) is 5.82 Å². The van der Waals surface area contributed by atoms with Crippen molar-refractivity contribution in [2.75, 3.05) is 13.6 Å². The normalized spacial score (nSPS) is 11.2. The summed E-state index contributed by atoms with van der Waals surface area (Å²) in [5.74, 6) is 1.20. The summed E-state index contributed by atoms with van der Waals surface area (Å²) < 4.78 is 5.41. The Labute approximate surface area is 140 Å². The third-order valence-electron chi connectivity index (χ3n) is 4.29. The molecule has 1 aromatic carbocycles. The van der Waals surface area contributed by atoms with Gasteiger partial charge in [0.1, 0.15) is 5.69 Å². The SMILES string of the molecule is CCC(=O)N(C)CCc1noc(-c2[nH]c3ccc(C)cc3c2C)n1. The second kappa shape index (κ2) is 6.47. The first-order chi connectivity index (χ1) is 11.5. The number of nitrogens with one attached hydrogen (secondary N) is 1. The lowest BCUT2D eigenvalue weighted by molar-refractivity contribution is -0.129. The van der Waals surface area contributed by atoms with Gasteiger partial charge >= 0.3 is 0 Å². The molecular formula is C18H22N4O2. The number of rotatable bonds is 5. The van der Waals surface area contributed by atoms with Crippen LogP contribution in [0.3, 0.4) is 0 Å². The van der Waals surface area contributed by atoms with Crippen molar-refractivity contribution < 1.29 is 9.32 Å². The molecule has 126 valence electrons. The van der Waals surface area contributed by atoms with Gasteiger partial charge in [-0.3, -0.25) is 4.79 Å². The minimum Gasteiger partial charge on any atom is -0.350 e. The molecule has 6 nitrogen and oxygen atoms in total. The van der Waals surface area contributed by atoms with Gasteiger partial charge < -0.3 is 14.4 Å². The topological polar surface area (TPSA) is 75.0 Å². The van der Waals surface area contributed by atoms with E-state index in [1.54, 1.807) is 11.9 Å². The molecule has 24 heavy (non-hydrogen) atoms. The standard InChI is InChI=1S/C18H22N4O2/c1-5-16(23)22(4)9-8-15-20-18(24-21-15)17-12(3)13-10-11(2)6-7-14(13)19-17/h6-7,10,19H,5,8-9H2,1-4H3. The number of hydrogen-bond acceptors (Lipinski definition) is 4. The van der Waals surface area contributed by atoms with E-state index in [2.05, 4.69) is 40.2 Å². The highest BCUT2D eigenvalue weighted by molar-refractivity contribution is 5.89. The maximum absolute atomic E-state index is 11.6. The van der Waals surface area contributed by atoms with Gasteiger partial charge in [-0.15, -0.1) is 0 Å². The molecule has 2 heterocycles. The van der Waals surface area contributed by atoms with Crippen LogP contribution in [0.5, 0.6) is 0 Å². The number of likely N-dealkylation sites (N-methyl/N-ethyl adjacent to an activating group) is 1. The molecule has 6 heteroatoms. The van der Waals surface area contributed by atoms with E-state index < -0.39 is 0 Å². The third kappa shape index (κ3) is 3.04. The first-order valence-corrected chi connectivity index (χ1v) is 8.15. The predicted octanol–water partition coefficient (Wildman–Crippen LogP) is 3.25. The largest absolute Gasteiger partial charge is 0.350 e. The molecule has 0 spiro atoms. The number of amides is 1. The van der Waals surface area contributed by atoms with Gasteiger partial charge in [-0.2, -0.15) is 4.98 Å². The summed E-state index contributed by atoms with van der Waals surface area (Å²) in [4.78, 5) is 21.1. The highest BCUT2D eigenvalue weighted by atomic mass is 16.5. The Kier molecular flexibility index (Phi) is 4.38. The van der Waals surface area contributed by atoms with Gasteiger partial charge in [-0.05, 0) is 31.5 Å². The molecule has 0 fully saturated rings. The predicted molar refractivity (Wildman–Crippen MR) is 92.7 cm³/mol. The molecule has 0 radical (unpaired) electrons. The van der Waals surface area contributed by atoms with Crippen molar-refractivity contribution in [3.63, 3.8) is 0 Å². The Balaban J connectivity index is 1.81. The molecule has 1 amide bonds. The van der Waals surface area contributed by atoms with Crippen LogP contribution in [0.25, 0.3) is 22.5 Å². The Morgan fingerprint density at radius 2 is 2.12 bits per heavy atom. The number of carbonyl (C=O) groups is 1. The molecule has 0 bridgehead atoms. The molecule has 0 atom stereocenters. The summed E-state index contributed by atoms with van der Waals surface area (Å²) in [5.41, 5.74) is 4.22. The Bertz CT molecular complexity index is 878. The van der Waals surface area contributed by atoms with E-state index in [1.165, 1.54) is 5.56 Å². The number of aromatic amines is 1. The van der Waals surface area contributed by atoms with Crippen molar-refractivity contribution >= 4 is 16.8 Å². The van der Waals surface area contributed by atoms with Crippen LogP contribution in [0, 0.1) is 13.8 Å². The maximum atomic E-state index is 11.6. The van der Waals surface area contributed by atoms with E-state index in [4.69, 9.17) is 4.52 Å². The molecule has 0 aliphatic heterocycles. The summed E-state index contributed by atoms with van der Waals surface area (Å²) in [6, 6.07) is 6.28. The van der Waals surface area contributed by atoms with Crippen LogP contribution >= 0.6 is 0 Å². The molecule has 0 aliphatic rings. The fourth-order valence-electron chi connectivity index (χ4n) is 2.77. The van der Waals surface area contributed by atoms with Crippen LogP contribution in [0.15, 0.2) is 22.7 Å². The molecule has 1 N–H and O–H groups in total. The van der Waals surface area contributed by atoms with E-state index in [-0.39, 0.29) is 5.91 Å². The molecule has 0 saturated heterocycles. The number of hydrogen-bond donors (Lipinski definition) is 1. The molecule has 0 aliphatic carbocycles. The van der Waals surface area contributed by atoms with Crippen LogP contribution in [0.1, 0.15) is 30.3 Å². The van der Waals surface area contributed by atoms with Crippen LogP contribution in [0.2, 0.25) is 0 Å². The quantitative estimate of drug-likeness (QED) is 0.781. The van der Waals surface area contributed by atoms with Gasteiger partial charge in [0.2, 0.25) is 5.91 Å². The first-order valence-electron chi connectivity index (χ1n) is 8.15. The molecular weight excluding hydrogens is 304 g/mol. The summed E-state index contributed by atoms with van der Waals surface area (Å²) in [6.45, 7) is 6.55. The van der Waals surface area contributed by atoms with Crippen LogP contribution in [0.4, 0.5) is 0 Å². The van der Waals surface area contributed by atoms with E-state index in [1.807, 2.05) is 13.8 Å². The molecule has 2 aromatic heterocycles. The summed E-state index contributed by atoms with van der Waals surface area (Å²) in [7, 11) is 1.79. The minimum atomic E-state index is 0.112. The number of nitrogens with zero attached hydrogens (tertiary/aromatic N) is 3. The smallest absolute Gasteiger partial charge is 0.274 e. The highest BCUT2D eigenvalue weighted by Gasteiger charge is 2.16. The molecule has 0 saturated carbocycles. The van der Waals surface area contributed by atoms with Crippen molar-refractivity contribution in [2.24, 2.45) is 0 Å². The zero-order valence-corrected chi connectivity index (χ0v) is 14.5. The summed E-state index contributed by atoms with van der Waals surface area (Å²) in [6.07, 6.45) is 1.08. The third-order valence-corrected chi connectivity index (χ3v) is 4.29. The molecule has 3 rings (SSSR count). The fourth-order valence-corrected chi connectivity index (χ4v) is 2.77. The van der Waals surface area contributed by atoms with Crippen molar-refractivity contribution in [2.45, 2.75) is 33.6 Å². The summed E-state index contributed by atoms with van der Waals surface area (Å²) >= 11 is 0. The van der Waals surface area contributed by atoms with Crippen molar-refractivity contribution in [3.05, 3.63) is 35.2 Å². The number of benzene rings is 1. The maximum Gasteiger partial charge on any atom is 0.274 e. The molecule has 0 unspecified atom stereocenters. The number of fused-ring (bicyclic) bond motifs is 1. The highest BCUT2D eigenvalue weighted by Crippen LogP contribution is 2.29. The average molecular weight is 326 g/mol. The second-order valence-electron chi connectivity index (χ2n) is 6.11. The van der Waals surface area contributed by atoms with E-state index in [9.17, 15) is 4.79 Å². The Hall–Kier alpha value is -2.63. The van der Waals surface area contributed by atoms with E-state index >= 15 is 0 Å². The summed E-state index contributed by atoms with van der Waals surface area (Å²) in [5, 5.41) is 5.20. The number of aryl methyl sites for hydroxylation is 2. The fraction of sp³-hybridized carbons (Fsp3) is 0.389. The first kappa shape index (κ1) is 16.2. The van der Waals surface area contributed by atoms with E-state index in [0.29, 0.717) is 31.1 Å². The lowest BCUT2D eigenvalue weighted by Crippen LogP contribution is -2.28. The number of aromatic nitrogens is 3. The van der Waals surface area contributed by atoms with Crippen LogP contribution in [-0.4, -0.2) is 39.5 Å². The second-order valence-corrected chi connectivity index (χ2v) is 6.11. The van der Waals surface area contributed by atoms with Gasteiger partial charge in [0.05, 0.1) is 0 Å². The van der Waals surface area contributed by atoms with E-state index in [0.717, 1.165) is 22.2 Å². The number of H-pyrrole nitrogens is 1. The van der Waals surface area contributed by atoms with Crippen molar-refractivity contribution in [1.29, 1.82) is 0 Å². The lowest BCUT2D eigenvalue weighted by Gasteiger charge is -2.14. The molecule has 3 aromatic rings.